The Morgan fingerprint density at radius 1 is 0.700 bits per heavy atom. The number of carboxylic acid groups (broad SMARTS) is 2. The van der Waals surface area contributed by atoms with Crippen molar-refractivity contribution in [2.45, 2.75) is 76.4 Å². The molecule has 2 rings (SSSR count). The molecule has 0 spiro atoms. The number of hydrogen-bond donors (Lipinski definition) is 2. The topological polar surface area (TPSA) is 136 Å². The Morgan fingerprint density at radius 3 is 1.33 bits per heavy atom. The van der Waals surface area contributed by atoms with E-state index in [1.807, 2.05) is 0 Å². The molecule has 0 saturated heterocycles. The van der Waals surface area contributed by atoms with E-state index in [0.717, 1.165) is 51.4 Å². The van der Waals surface area contributed by atoms with Gasteiger partial charge in [0.1, 0.15) is 18.5 Å². The van der Waals surface area contributed by atoms with Crippen LogP contribution in [0.5, 0.6) is 0 Å². The van der Waals surface area contributed by atoms with Crippen molar-refractivity contribution in [2.24, 2.45) is 0 Å². The zero-order valence-electron chi connectivity index (χ0n) is 17.2. The third-order valence-electron chi connectivity index (χ3n) is 4.72. The third kappa shape index (κ3) is 10.6. The molecule has 30 heavy (non-hydrogen) atoms. The summed E-state index contributed by atoms with van der Waals surface area (Å²) < 4.78 is 14.8. The number of carbonyl (C=O) groups is 4. The van der Waals surface area contributed by atoms with Crippen molar-refractivity contribution in [3.8, 4) is 0 Å². The Balaban J connectivity index is 0.000000382. The van der Waals surface area contributed by atoms with Crippen molar-refractivity contribution < 1.29 is 43.6 Å². The fourth-order valence-corrected chi connectivity index (χ4v) is 3.22. The molecule has 0 radical (unpaired) electrons. The first-order chi connectivity index (χ1) is 14.3. The molecule has 0 bridgehead atoms. The molecule has 9 heteroatoms. The van der Waals surface area contributed by atoms with Gasteiger partial charge in [0.05, 0.1) is 7.11 Å². The summed E-state index contributed by atoms with van der Waals surface area (Å²) in [4.78, 5) is 43.2. The summed E-state index contributed by atoms with van der Waals surface area (Å²) in [6.07, 6.45) is 13.7. The second-order valence-electron chi connectivity index (χ2n) is 7.10. The van der Waals surface area contributed by atoms with Gasteiger partial charge in [-0.2, -0.15) is 0 Å². The molecule has 9 nitrogen and oxygen atoms in total. The highest BCUT2D eigenvalue weighted by molar-refractivity contribution is 6.12. The van der Waals surface area contributed by atoms with Crippen LogP contribution in [0.4, 0.5) is 0 Å². The Kier molecular flexibility index (Phi) is 11.9. The summed E-state index contributed by atoms with van der Waals surface area (Å²) in [5.41, 5.74) is -0.789. The molecule has 0 heterocycles. The first-order valence-corrected chi connectivity index (χ1v) is 10.1. The van der Waals surface area contributed by atoms with E-state index >= 15 is 0 Å². The van der Waals surface area contributed by atoms with Crippen LogP contribution in [0.15, 0.2) is 24.0 Å². The van der Waals surface area contributed by atoms with Gasteiger partial charge in [0.15, 0.2) is 5.57 Å². The molecular weight excluding hydrogens is 396 g/mol. The first-order valence-electron chi connectivity index (χ1n) is 10.1. The number of methoxy groups -OCH3 is 1. The highest BCUT2D eigenvalue weighted by atomic mass is 16.5. The number of ether oxygens (including phenoxy) is 3. The van der Waals surface area contributed by atoms with Crippen molar-refractivity contribution >= 4 is 23.9 Å². The molecule has 2 N–H and O–H groups in total. The van der Waals surface area contributed by atoms with E-state index in [-0.39, 0.29) is 12.2 Å². The summed E-state index contributed by atoms with van der Waals surface area (Å²) in [6.45, 7) is 0. The molecule has 2 fully saturated rings. The molecule has 2 saturated carbocycles. The number of carbonyl (C=O) groups excluding carboxylic acids is 2. The fourth-order valence-electron chi connectivity index (χ4n) is 3.22. The third-order valence-corrected chi connectivity index (χ3v) is 4.72. The molecule has 168 valence electrons. The van der Waals surface area contributed by atoms with Crippen LogP contribution in [0.3, 0.4) is 0 Å². The molecule has 0 aliphatic heterocycles. The number of aliphatic carboxylic acids is 2. The molecule has 0 aromatic carbocycles. The lowest BCUT2D eigenvalue weighted by molar-refractivity contribution is -0.147. The van der Waals surface area contributed by atoms with Gasteiger partial charge in [-0.3, -0.25) is 0 Å². The zero-order chi connectivity index (χ0) is 22.4. The molecule has 0 aromatic rings. The molecular formula is C21H30O9. The van der Waals surface area contributed by atoms with Gasteiger partial charge in [0, 0.05) is 12.2 Å². The largest absolute Gasteiger partial charge is 0.503 e. The minimum atomic E-state index is -1.52. The van der Waals surface area contributed by atoms with Crippen molar-refractivity contribution in [3.63, 3.8) is 0 Å². The average Bonchev–Trinajstić information content (AvgIpc) is 2.72. The second kappa shape index (κ2) is 14.2. The van der Waals surface area contributed by atoms with Crippen LogP contribution >= 0.6 is 0 Å². The molecule has 2 aliphatic rings. The van der Waals surface area contributed by atoms with E-state index in [2.05, 4.69) is 4.74 Å². The average molecular weight is 426 g/mol. The summed E-state index contributed by atoms with van der Waals surface area (Å²) in [6, 6.07) is 0. The van der Waals surface area contributed by atoms with Gasteiger partial charge in [0.2, 0.25) is 0 Å². The molecule has 2 aliphatic carbocycles. The van der Waals surface area contributed by atoms with E-state index in [4.69, 9.17) is 19.7 Å². The monoisotopic (exact) mass is 426 g/mol. The van der Waals surface area contributed by atoms with Crippen molar-refractivity contribution in [1.29, 1.82) is 0 Å². The van der Waals surface area contributed by atoms with Crippen molar-refractivity contribution in [1.82, 2.24) is 0 Å². The van der Waals surface area contributed by atoms with Gasteiger partial charge in [-0.1, -0.05) is 12.8 Å². The quantitative estimate of drug-likeness (QED) is 0.207. The SMILES string of the molecule is COC=C(C(=O)O)C(=O)O.O=C(/C=C\C(=O)OC1CCCCC1)OC1CCCCC1. The molecule has 0 amide bonds. The molecule has 0 aromatic heterocycles. The van der Waals surface area contributed by atoms with Crippen molar-refractivity contribution in [3.05, 3.63) is 24.0 Å². The van der Waals surface area contributed by atoms with Crippen LogP contribution < -0.4 is 0 Å². The van der Waals surface area contributed by atoms with Gasteiger partial charge in [-0.25, -0.2) is 19.2 Å². The Bertz CT molecular complexity index is 589. The zero-order valence-corrected chi connectivity index (χ0v) is 17.2. The number of hydrogen-bond acceptors (Lipinski definition) is 7. The Hall–Kier alpha value is -2.84. The lowest BCUT2D eigenvalue weighted by atomic mass is 9.98. The van der Waals surface area contributed by atoms with E-state index in [9.17, 15) is 19.2 Å². The highest BCUT2D eigenvalue weighted by Gasteiger charge is 2.18. The minimum absolute atomic E-state index is 0.0234. The van der Waals surface area contributed by atoms with Gasteiger partial charge in [-0.15, -0.1) is 0 Å². The number of carboxylic acids is 2. The second-order valence-corrected chi connectivity index (χ2v) is 7.10. The van der Waals surface area contributed by atoms with Gasteiger partial charge < -0.3 is 24.4 Å². The predicted molar refractivity (Wildman–Crippen MR) is 105 cm³/mol. The normalized spacial score (nSPS) is 17.2. The predicted octanol–water partition coefficient (Wildman–Crippen LogP) is 2.98. The smallest absolute Gasteiger partial charge is 0.346 e. The van der Waals surface area contributed by atoms with E-state index < -0.39 is 29.5 Å². The van der Waals surface area contributed by atoms with Crippen LogP contribution in [0.25, 0.3) is 0 Å². The van der Waals surface area contributed by atoms with E-state index in [0.29, 0.717) is 6.26 Å². The van der Waals surface area contributed by atoms with Crippen molar-refractivity contribution in [2.75, 3.05) is 7.11 Å². The van der Waals surface area contributed by atoms with E-state index in [1.165, 1.54) is 32.1 Å². The van der Waals surface area contributed by atoms with Crippen LogP contribution in [0.2, 0.25) is 0 Å². The Labute approximate surface area is 175 Å². The maximum atomic E-state index is 11.6. The first kappa shape index (κ1) is 25.2. The minimum Gasteiger partial charge on any atom is -0.503 e. The molecule has 0 atom stereocenters. The fraction of sp³-hybridized carbons (Fsp3) is 0.619. The van der Waals surface area contributed by atoms with Crippen LogP contribution in [0, 0.1) is 0 Å². The van der Waals surface area contributed by atoms with Gasteiger partial charge in [0.25, 0.3) is 0 Å². The summed E-state index contributed by atoms with van der Waals surface area (Å²) in [7, 11) is 1.17. The number of esters is 2. The van der Waals surface area contributed by atoms with E-state index in [1.54, 1.807) is 0 Å². The summed E-state index contributed by atoms with van der Waals surface area (Å²) in [5, 5.41) is 16.3. The standard InChI is InChI=1S/C16H24O4.C5H6O5/c17-15(19-13-7-3-1-4-8-13)11-12-16(18)20-14-9-5-2-6-10-14;1-10-2-3(4(6)7)5(8)9/h11-14H,1-10H2;2H,1H3,(H,6,7)(H,8,9)/b12-11-;. The van der Waals surface area contributed by atoms with Crippen LogP contribution in [0.1, 0.15) is 64.2 Å². The lowest BCUT2D eigenvalue weighted by Gasteiger charge is -2.21. The van der Waals surface area contributed by atoms with Gasteiger partial charge >= 0.3 is 23.9 Å². The van der Waals surface area contributed by atoms with Gasteiger partial charge in [-0.05, 0) is 51.4 Å². The summed E-state index contributed by atoms with van der Waals surface area (Å²) in [5.74, 6) is -3.90. The van der Waals surface area contributed by atoms with Crippen LogP contribution in [-0.2, 0) is 33.4 Å². The lowest BCUT2D eigenvalue weighted by Crippen LogP contribution is -2.21. The maximum absolute atomic E-state index is 11.6. The number of rotatable bonds is 7. The molecule has 0 unspecified atom stereocenters. The Morgan fingerprint density at radius 2 is 1.07 bits per heavy atom. The highest BCUT2D eigenvalue weighted by Crippen LogP contribution is 2.21. The van der Waals surface area contributed by atoms with Crippen LogP contribution in [-0.4, -0.2) is 53.4 Å². The maximum Gasteiger partial charge on any atom is 0.346 e. The summed E-state index contributed by atoms with van der Waals surface area (Å²) >= 11 is 0.